The van der Waals surface area contributed by atoms with Crippen LogP contribution in [0.2, 0.25) is 0 Å². The molecule has 0 spiro atoms. The Kier molecular flexibility index (Phi) is 5.48. The molecule has 2 aromatic carbocycles. The van der Waals surface area contributed by atoms with Crippen molar-refractivity contribution in [1.29, 1.82) is 0 Å². The van der Waals surface area contributed by atoms with Crippen LogP contribution in [-0.2, 0) is 6.54 Å². The quantitative estimate of drug-likeness (QED) is 0.878. The first-order valence-corrected chi connectivity index (χ1v) is 8.59. The van der Waals surface area contributed by atoms with Gasteiger partial charge < -0.3 is 10.0 Å². The van der Waals surface area contributed by atoms with Gasteiger partial charge in [0.1, 0.15) is 5.82 Å². The Hall–Kier alpha value is -1.91. The summed E-state index contributed by atoms with van der Waals surface area (Å²) in [6.07, 6.45) is 2.32. The van der Waals surface area contributed by atoms with Gasteiger partial charge in [-0.25, -0.2) is 4.39 Å². The highest BCUT2D eigenvalue weighted by atomic mass is 19.1. The summed E-state index contributed by atoms with van der Waals surface area (Å²) in [5, 5.41) is 9.83. The molecule has 128 valence electrons. The van der Waals surface area contributed by atoms with Gasteiger partial charge in [-0.2, -0.15) is 0 Å². The fourth-order valence-electron chi connectivity index (χ4n) is 3.49. The molecule has 3 rings (SSSR count). The molecule has 1 unspecified atom stereocenters. The van der Waals surface area contributed by atoms with Crippen molar-refractivity contribution in [3.63, 3.8) is 0 Å². The van der Waals surface area contributed by atoms with Crippen molar-refractivity contribution in [3.05, 3.63) is 65.5 Å². The van der Waals surface area contributed by atoms with Crippen molar-refractivity contribution >= 4 is 5.69 Å². The van der Waals surface area contributed by atoms with E-state index in [1.165, 1.54) is 6.07 Å². The van der Waals surface area contributed by atoms with Gasteiger partial charge in [0.2, 0.25) is 0 Å². The summed E-state index contributed by atoms with van der Waals surface area (Å²) >= 11 is 0. The molecule has 1 heterocycles. The van der Waals surface area contributed by atoms with Gasteiger partial charge >= 0.3 is 0 Å². The monoisotopic (exact) mass is 328 g/mol. The van der Waals surface area contributed by atoms with E-state index in [4.69, 9.17) is 0 Å². The summed E-state index contributed by atoms with van der Waals surface area (Å²) in [6.45, 7) is 2.46. The third-order valence-electron chi connectivity index (χ3n) is 4.84. The lowest BCUT2D eigenvalue weighted by Crippen LogP contribution is -2.29. The third-order valence-corrected chi connectivity index (χ3v) is 4.84. The average molecular weight is 328 g/mol. The van der Waals surface area contributed by atoms with Gasteiger partial charge in [-0.05, 0) is 37.6 Å². The number of aliphatic hydroxyl groups is 1. The molecule has 1 atom stereocenters. The third kappa shape index (κ3) is 3.60. The van der Waals surface area contributed by atoms with Crippen molar-refractivity contribution in [1.82, 2.24) is 4.90 Å². The molecule has 4 heteroatoms. The molecule has 0 bridgehead atoms. The lowest BCUT2D eigenvalue weighted by molar-refractivity contribution is 0.141. The number of benzene rings is 2. The maximum Gasteiger partial charge on any atom is 0.129 e. The van der Waals surface area contributed by atoms with E-state index in [1.54, 1.807) is 6.07 Å². The topological polar surface area (TPSA) is 26.7 Å². The van der Waals surface area contributed by atoms with Gasteiger partial charge in [0.25, 0.3) is 0 Å². The number of aliphatic hydroxyl groups excluding tert-OH is 1. The predicted octanol–water partition coefficient (Wildman–Crippen LogP) is 3.59. The molecule has 0 amide bonds. The Morgan fingerprint density at radius 2 is 1.79 bits per heavy atom. The first kappa shape index (κ1) is 16.9. The molecular formula is C20H25FN2O. The molecular weight excluding hydrogens is 303 g/mol. The Morgan fingerprint density at radius 3 is 2.46 bits per heavy atom. The minimum absolute atomic E-state index is 0.00795. The van der Waals surface area contributed by atoms with Crippen LogP contribution in [0, 0.1) is 5.82 Å². The molecule has 1 N–H and O–H groups in total. The van der Waals surface area contributed by atoms with Gasteiger partial charge in [-0.15, -0.1) is 0 Å². The van der Waals surface area contributed by atoms with Gasteiger partial charge in [-0.1, -0.05) is 36.4 Å². The van der Waals surface area contributed by atoms with E-state index in [0.717, 1.165) is 42.7 Å². The minimum atomic E-state index is -0.170. The number of nitrogens with zero attached hydrogens (tertiary/aromatic N) is 2. The van der Waals surface area contributed by atoms with E-state index in [2.05, 4.69) is 4.90 Å². The summed E-state index contributed by atoms with van der Waals surface area (Å²) in [5.41, 5.74) is 2.75. The lowest BCUT2D eigenvalue weighted by atomic mass is 10.0. The van der Waals surface area contributed by atoms with Gasteiger partial charge in [0.15, 0.2) is 0 Å². The number of rotatable bonds is 6. The van der Waals surface area contributed by atoms with Crippen molar-refractivity contribution in [2.24, 2.45) is 0 Å². The van der Waals surface area contributed by atoms with Crippen molar-refractivity contribution in [3.8, 4) is 0 Å². The predicted molar refractivity (Wildman–Crippen MR) is 95.6 cm³/mol. The van der Waals surface area contributed by atoms with Crippen LogP contribution in [0.25, 0.3) is 0 Å². The molecule has 2 aromatic rings. The average Bonchev–Trinajstić information content (AvgIpc) is 3.13. The van der Waals surface area contributed by atoms with Crippen LogP contribution in [0.15, 0.2) is 48.5 Å². The summed E-state index contributed by atoms with van der Waals surface area (Å²) < 4.78 is 14.5. The molecule has 0 aromatic heterocycles. The highest BCUT2D eigenvalue weighted by Crippen LogP contribution is 2.30. The fourth-order valence-corrected chi connectivity index (χ4v) is 3.49. The summed E-state index contributed by atoms with van der Waals surface area (Å²) in [7, 11) is 1.94. The largest absolute Gasteiger partial charge is 0.394 e. The van der Waals surface area contributed by atoms with Crippen LogP contribution >= 0.6 is 0 Å². The van der Waals surface area contributed by atoms with Crippen molar-refractivity contribution in [2.75, 3.05) is 31.6 Å². The number of anilines is 1. The van der Waals surface area contributed by atoms with E-state index < -0.39 is 0 Å². The number of likely N-dealkylation sites (N-methyl/N-ethyl adjacent to an activating group) is 1. The first-order valence-electron chi connectivity index (χ1n) is 8.59. The van der Waals surface area contributed by atoms with Crippen molar-refractivity contribution < 1.29 is 9.50 Å². The van der Waals surface area contributed by atoms with Crippen LogP contribution < -0.4 is 4.90 Å². The van der Waals surface area contributed by atoms with Crippen LogP contribution in [-0.4, -0.2) is 36.8 Å². The Labute approximate surface area is 143 Å². The molecule has 0 radical (unpaired) electrons. The molecule has 1 fully saturated rings. The maximum absolute atomic E-state index is 14.5. The lowest BCUT2D eigenvalue weighted by Gasteiger charge is -2.29. The molecule has 0 saturated carbocycles. The number of hydrogen-bond donors (Lipinski definition) is 1. The van der Waals surface area contributed by atoms with E-state index in [0.29, 0.717) is 6.54 Å². The molecule has 1 aliphatic heterocycles. The first-order chi connectivity index (χ1) is 11.7. The van der Waals surface area contributed by atoms with E-state index in [-0.39, 0.29) is 18.5 Å². The zero-order valence-corrected chi connectivity index (χ0v) is 14.2. The molecule has 1 saturated heterocycles. The summed E-state index contributed by atoms with van der Waals surface area (Å²) in [4.78, 5) is 4.29. The fraction of sp³-hybridized carbons (Fsp3) is 0.400. The molecule has 3 nitrogen and oxygen atoms in total. The highest BCUT2D eigenvalue weighted by molar-refractivity contribution is 5.55. The maximum atomic E-state index is 14.5. The zero-order chi connectivity index (χ0) is 16.9. The molecule has 0 aliphatic carbocycles. The number of hydrogen-bond acceptors (Lipinski definition) is 3. The van der Waals surface area contributed by atoms with Crippen LogP contribution in [0.1, 0.15) is 30.0 Å². The summed E-state index contributed by atoms with van der Waals surface area (Å²) in [6, 6.07) is 15.1. The molecule has 1 aliphatic rings. The Balaban J connectivity index is 1.84. The zero-order valence-electron chi connectivity index (χ0n) is 14.2. The van der Waals surface area contributed by atoms with Crippen LogP contribution in [0.4, 0.5) is 10.1 Å². The van der Waals surface area contributed by atoms with E-state index >= 15 is 0 Å². The number of halogens is 1. The van der Waals surface area contributed by atoms with Crippen LogP contribution in [0.3, 0.4) is 0 Å². The second kappa shape index (κ2) is 7.77. The van der Waals surface area contributed by atoms with Gasteiger partial charge in [0, 0.05) is 30.9 Å². The van der Waals surface area contributed by atoms with E-state index in [9.17, 15) is 9.50 Å². The smallest absolute Gasteiger partial charge is 0.129 e. The van der Waals surface area contributed by atoms with Crippen LogP contribution in [0.5, 0.6) is 0 Å². The van der Waals surface area contributed by atoms with Gasteiger partial charge in [-0.3, -0.25) is 4.90 Å². The minimum Gasteiger partial charge on any atom is -0.394 e. The highest BCUT2D eigenvalue weighted by Gasteiger charge is 2.22. The molecule has 24 heavy (non-hydrogen) atoms. The standard InChI is InChI=1S/C20H25FN2O/c1-22(20(15-24)16-8-3-2-4-9-16)14-17-18(21)10-7-11-19(17)23-12-5-6-13-23/h2-4,7-11,20,24H,5-6,12-15H2,1H3. The van der Waals surface area contributed by atoms with Gasteiger partial charge in [0.05, 0.1) is 12.6 Å². The second-order valence-corrected chi connectivity index (χ2v) is 6.46. The normalized spacial score (nSPS) is 15.9. The van der Waals surface area contributed by atoms with E-state index in [1.807, 2.05) is 48.3 Å². The van der Waals surface area contributed by atoms with Crippen molar-refractivity contribution in [2.45, 2.75) is 25.4 Å². The second-order valence-electron chi connectivity index (χ2n) is 6.46. The SMILES string of the molecule is CN(Cc1c(F)cccc1N1CCCC1)C(CO)c1ccccc1. The summed E-state index contributed by atoms with van der Waals surface area (Å²) in [5.74, 6) is -0.170. The Bertz CT molecular complexity index is 656. The Morgan fingerprint density at radius 1 is 1.08 bits per heavy atom.